The average molecular weight is 277 g/mol. The highest BCUT2D eigenvalue weighted by Gasteiger charge is 2.27. The summed E-state index contributed by atoms with van der Waals surface area (Å²) in [5, 5.41) is 0. The molecule has 0 amide bonds. The van der Waals surface area contributed by atoms with E-state index in [0.717, 1.165) is 25.9 Å². The zero-order chi connectivity index (χ0) is 13.8. The maximum absolute atomic E-state index is 11.6. The molecule has 1 atom stereocenters. The van der Waals surface area contributed by atoms with Crippen molar-refractivity contribution in [1.29, 1.82) is 0 Å². The molecule has 1 heterocycles. The van der Waals surface area contributed by atoms with Crippen LogP contribution in [0.2, 0.25) is 0 Å². The summed E-state index contributed by atoms with van der Waals surface area (Å²) in [6.07, 6.45) is 3.38. The van der Waals surface area contributed by atoms with Gasteiger partial charge in [0.2, 0.25) is 10.0 Å². The largest absolute Gasteiger partial charge is 0.329 e. The van der Waals surface area contributed by atoms with E-state index in [0.29, 0.717) is 31.6 Å². The van der Waals surface area contributed by atoms with Crippen LogP contribution in [0.25, 0.3) is 0 Å². The minimum absolute atomic E-state index is 0.433. The molecular weight excluding hydrogens is 250 g/mol. The quantitative estimate of drug-likeness (QED) is 0.759. The monoisotopic (exact) mass is 277 g/mol. The van der Waals surface area contributed by atoms with Crippen molar-refractivity contribution in [3.63, 3.8) is 0 Å². The molecule has 0 bridgehead atoms. The molecule has 1 aliphatic heterocycles. The van der Waals surface area contributed by atoms with E-state index >= 15 is 0 Å². The first-order valence-corrected chi connectivity index (χ1v) is 8.58. The van der Waals surface area contributed by atoms with Crippen LogP contribution in [0.1, 0.15) is 26.7 Å². The molecule has 18 heavy (non-hydrogen) atoms. The second-order valence-corrected chi connectivity index (χ2v) is 7.49. The van der Waals surface area contributed by atoms with Gasteiger partial charge in [-0.2, -0.15) is 0 Å². The lowest BCUT2D eigenvalue weighted by atomic mass is 9.98. The van der Waals surface area contributed by atoms with Crippen molar-refractivity contribution in [3.8, 4) is 0 Å². The van der Waals surface area contributed by atoms with Gasteiger partial charge >= 0.3 is 0 Å². The minimum atomic E-state index is -3.04. The van der Waals surface area contributed by atoms with Crippen LogP contribution in [0.3, 0.4) is 0 Å². The molecule has 0 aromatic heterocycles. The first kappa shape index (κ1) is 15.9. The lowest BCUT2D eigenvalue weighted by Gasteiger charge is -2.35. The molecule has 6 heteroatoms. The Hall–Kier alpha value is -0.170. The van der Waals surface area contributed by atoms with E-state index in [1.54, 1.807) is 4.31 Å². The molecule has 1 rings (SSSR count). The van der Waals surface area contributed by atoms with Gasteiger partial charge in [-0.3, -0.25) is 4.90 Å². The second-order valence-electron chi connectivity index (χ2n) is 5.51. The Bertz CT molecular complexity index is 343. The first-order chi connectivity index (χ1) is 8.34. The molecule has 0 radical (unpaired) electrons. The molecule has 0 spiro atoms. The van der Waals surface area contributed by atoms with E-state index in [-0.39, 0.29) is 0 Å². The third-order valence-corrected chi connectivity index (χ3v) is 4.86. The first-order valence-electron chi connectivity index (χ1n) is 6.73. The number of nitrogens with two attached hydrogens (primary N) is 1. The highest BCUT2D eigenvalue weighted by Crippen LogP contribution is 2.20. The number of piperidine rings is 1. The Morgan fingerprint density at radius 3 is 2.61 bits per heavy atom. The van der Waals surface area contributed by atoms with Gasteiger partial charge in [0.05, 0.1) is 6.26 Å². The van der Waals surface area contributed by atoms with Crippen molar-refractivity contribution in [2.24, 2.45) is 11.7 Å². The lowest BCUT2D eigenvalue weighted by Crippen LogP contribution is -2.45. The van der Waals surface area contributed by atoms with E-state index in [2.05, 4.69) is 18.7 Å². The van der Waals surface area contributed by atoms with Crippen LogP contribution in [-0.2, 0) is 10.0 Å². The summed E-state index contributed by atoms with van der Waals surface area (Å²) in [5.41, 5.74) is 5.62. The summed E-state index contributed by atoms with van der Waals surface area (Å²) in [4.78, 5) is 2.34. The van der Waals surface area contributed by atoms with Crippen LogP contribution in [-0.4, -0.2) is 62.6 Å². The van der Waals surface area contributed by atoms with Crippen molar-refractivity contribution in [3.05, 3.63) is 0 Å². The summed E-state index contributed by atoms with van der Waals surface area (Å²) in [7, 11) is -3.04. The number of hydrogen-bond acceptors (Lipinski definition) is 4. The third kappa shape index (κ3) is 4.84. The summed E-state index contributed by atoms with van der Waals surface area (Å²) >= 11 is 0. The summed E-state index contributed by atoms with van der Waals surface area (Å²) < 4.78 is 24.8. The van der Waals surface area contributed by atoms with E-state index in [1.165, 1.54) is 6.26 Å². The Kier molecular flexibility index (Phi) is 6.04. The van der Waals surface area contributed by atoms with Crippen LogP contribution in [0.15, 0.2) is 0 Å². The molecule has 0 saturated carbocycles. The van der Waals surface area contributed by atoms with Gasteiger partial charge in [-0.1, -0.05) is 0 Å². The van der Waals surface area contributed by atoms with Gasteiger partial charge in [-0.15, -0.1) is 0 Å². The van der Waals surface area contributed by atoms with Gasteiger partial charge in [0, 0.05) is 38.8 Å². The lowest BCUT2D eigenvalue weighted by molar-refractivity contribution is 0.154. The van der Waals surface area contributed by atoms with Crippen molar-refractivity contribution in [2.45, 2.75) is 32.7 Å². The number of sulfonamides is 1. The standard InChI is InChI=1S/C12H27N3O2S/c1-11(2)14(8-6-13)9-12-5-4-7-15(10-12)18(3,16)17/h11-12H,4-10,13H2,1-3H3. The van der Waals surface area contributed by atoms with Gasteiger partial charge in [0.1, 0.15) is 0 Å². The van der Waals surface area contributed by atoms with Gasteiger partial charge in [-0.25, -0.2) is 12.7 Å². The molecule has 1 unspecified atom stereocenters. The molecule has 1 fully saturated rings. The van der Waals surface area contributed by atoms with Crippen molar-refractivity contribution < 1.29 is 8.42 Å². The van der Waals surface area contributed by atoms with E-state index in [4.69, 9.17) is 5.73 Å². The van der Waals surface area contributed by atoms with E-state index < -0.39 is 10.0 Å². The average Bonchev–Trinajstić information content (AvgIpc) is 2.27. The van der Waals surface area contributed by atoms with Crippen molar-refractivity contribution >= 4 is 10.0 Å². The Labute approximate surface area is 111 Å². The zero-order valence-corrected chi connectivity index (χ0v) is 12.6. The molecule has 0 aromatic carbocycles. The van der Waals surface area contributed by atoms with E-state index in [1.807, 2.05) is 0 Å². The maximum Gasteiger partial charge on any atom is 0.211 e. The summed E-state index contributed by atoms with van der Waals surface area (Å²) in [6, 6.07) is 0.460. The van der Waals surface area contributed by atoms with Gasteiger partial charge in [0.25, 0.3) is 0 Å². The van der Waals surface area contributed by atoms with Gasteiger partial charge in [0.15, 0.2) is 0 Å². The zero-order valence-electron chi connectivity index (χ0n) is 11.8. The highest BCUT2D eigenvalue weighted by atomic mass is 32.2. The van der Waals surface area contributed by atoms with Crippen molar-refractivity contribution in [1.82, 2.24) is 9.21 Å². The van der Waals surface area contributed by atoms with Crippen LogP contribution in [0.5, 0.6) is 0 Å². The maximum atomic E-state index is 11.6. The van der Waals surface area contributed by atoms with E-state index in [9.17, 15) is 8.42 Å². The highest BCUT2D eigenvalue weighted by molar-refractivity contribution is 7.88. The molecule has 1 aliphatic rings. The Balaban J connectivity index is 2.56. The smallest absolute Gasteiger partial charge is 0.211 e. The third-order valence-electron chi connectivity index (χ3n) is 3.59. The molecule has 0 aliphatic carbocycles. The number of rotatable bonds is 6. The molecule has 2 N–H and O–H groups in total. The number of nitrogens with zero attached hydrogens (tertiary/aromatic N) is 2. The molecule has 1 saturated heterocycles. The van der Waals surface area contributed by atoms with Crippen LogP contribution < -0.4 is 5.73 Å². The Morgan fingerprint density at radius 1 is 1.44 bits per heavy atom. The van der Waals surface area contributed by atoms with Gasteiger partial charge in [-0.05, 0) is 32.6 Å². The molecule has 5 nitrogen and oxygen atoms in total. The number of hydrogen-bond donors (Lipinski definition) is 1. The van der Waals surface area contributed by atoms with Crippen LogP contribution in [0.4, 0.5) is 0 Å². The fourth-order valence-corrected chi connectivity index (χ4v) is 3.48. The molecule has 108 valence electrons. The fourth-order valence-electron chi connectivity index (χ4n) is 2.53. The predicted octanol–water partition coefficient (Wildman–Crippen LogP) is 0.327. The van der Waals surface area contributed by atoms with Crippen LogP contribution in [0, 0.1) is 5.92 Å². The van der Waals surface area contributed by atoms with Crippen molar-refractivity contribution in [2.75, 3.05) is 39.0 Å². The molecule has 0 aromatic rings. The normalized spacial score (nSPS) is 22.9. The fraction of sp³-hybridized carbons (Fsp3) is 1.00. The SMILES string of the molecule is CC(C)N(CCN)CC1CCCN(S(C)(=O)=O)C1. The Morgan fingerprint density at radius 2 is 2.11 bits per heavy atom. The summed E-state index contributed by atoms with van der Waals surface area (Å²) in [6.45, 7) is 8.13. The second kappa shape index (κ2) is 6.84. The predicted molar refractivity (Wildman–Crippen MR) is 74.9 cm³/mol. The minimum Gasteiger partial charge on any atom is -0.329 e. The topological polar surface area (TPSA) is 66.6 Å². The molecular formula is C12H27N3O2S. The van der Waals surface area contributed by atoms with Gasteiger partial charge < -0.3 is 5.73 Å². The van der Waals surface area contributed by atoms with Crippen LogP contribution >= 0.6 is 0 Å². The summed E-state index contributed by atoms with van der Waals surface area (Å²) in [5.74, 6) is 0.433.